The van der Waals surface area contributed by atoms with E-state index in [-0.39, 0.29) is 25.2 Å². The highest BCUT2D eigenvalue weighted by Gasteiger charge is 2.16. The van der Waals surface area contributed by atoms with E-state index in [4.69, 9.17) is 9.47 Å². The molecule has 0 aromatic rings. The molecule has 0 aromatic heterocycles. The predicted molar refractivity (Wildman–Crippen MR) is 302 cm³/mol. The van der Waals surface area contributed by atoms with E-state index in [0.717, 1.165) is 32.1 Å². The van der Waals surface area contributed by atoms with Crippen LogP contribution in [0.3, 0.4) is 0 Å². The van der Waals surface area contributed by atoms with Crippen LogP contribution < -0.4 is 0 Å². The molecule has 5 nitrogen and oxygen atoms in total. The van der Waals surface area contributed by atoms with E-state index in [1.807, 2.05) is 0 Å². The van der Waals surface area contributed by atoms with Gasteiger partial charge < -0.3 is 14.6 Å². The molecule has 0 saturated heterocycles. The van der Waals surface area contributed by atoms with Crippen LogP contribution in [0.4, 0.5) is 0 Å². The molecule has 0 saturated carbocycles. The van der Waals surface area contributed by atoms with Gasteiger partial charge in [0.25, 0.3) is 0 Å². The zero-order valence-electron chi connectivity index (χ0n) is 47.4. The lowest BCUT2D eigenvalue weighted by molar-refractivity contribution is -0.161. The molecule has 0 aliphatic carbocycles. The lowest BCUT2D eigenvalue weighted by Gasteiger charge is -2.15. The second-order valence-electron chi connectivity index (χ2n) is 22.2. The first kappa shape index (κ1) is 67.9. The molecule has 0 amide bonds. The van der Waals surface area contributed by atoms with Gasteiger partial charge in [-0.25, -0.2) is 0 Å². The molecule has 1 atom stereocenters. The highest BCUT2D eigenvalue weighted by atomic mass is 16.6. The van der Waals surface area contributed by atoms with E-state index in [1.165, 1.54) is 321 Å². The van der Waals surface area contributed by atoms with Crippen LogP contribution >= 0.6 is 0 Å². The Bertz CT molecular complexity index is 968. The fourth-order valence-electron chi connectivity index (χ4n) is 10.3. The summed E-state index contributed by atoms with van der Waals surface area (Å²) in [4.78, 5) is 24.6. The maximum atomic E-state index is 12.3. The van der Waals surface area contributed by atoms with Crippen LogP contribution in [0.1, 0.15) is 380 Å². The minimum absolute atomic E-state index is 0.0555. The summed E-state index contributed by atoms with van der Waals surface area (Å²) in [6.07, 6.45) is 75.5. The average molecular weight is 976 g/mol. The Morgan fingerprint density at radius 1 is 0.275 bits per heavy atom. The van der Waals surface area contributed by atoms with Crippen molar-refractivity contribution in [2.24, 2.45) is 0 Å². The SMILES string of the molecule is CCCCCCCCCCCCCCCCCCCCCCCCCCCCCCCCCCC(=O)OC(CO)COC(=O)CCCCCCCCCCCCCCCCCCCCCCCCC. The van der Waals surface area contributed by atoms with Crippen molar-refractivity contribution in [1.29, 1.82) is 0 Å². The molecule has 0 radical (unpaired) electrons. The molecular weight excluding hydrogens is 849 g/mol. The van der Waals surface area contributed by atoms with Crippen molar-refractivity contribution in [2.75, 3.05) is 13.2 Å². The van der Waals surface area contributed by atoms with Gasteiger partial charge in [0.2, 0.25) is 0 Å². The van der Waals surface area contributed by atoms with Gasteiger partial charge in [0, 0.05) is 12.8 Å². The Morgan fingerprint density at radius 2 is 0.449 bits per heavy atom. The van der Waals surface area contributed by atoms with Crippen molar-refractivity contribution in [2.45, 2.75) is 386 Å². The molecule has 5 heteroatoms. The van der Waals surface area contributed by atoms with Crippen LogP contribution in [0.25, 0.3) is 0 Å². The third kappa shape index (κ3) is 59.4. The van der Waals surface area contributed by atoms with Crippen molar-refractivity contribution in [3.8, 4) is 0 Å². The monoisotopic (exact) mass is 975 g/mol. The topological polar surface area (TPSA) is 72.8 Å². The Kier molecular flexibility index (Phi) is 60.2. The molecule has 69 heavy (non-hydrogen) atoms. The van der Waals surface area contributed by atoms with E-state index < -0.39 is 6.10 Å². The normalized spacial score (nSPS) is 12.0. The average Bonchev–Trinajstić information content (AvgIpc) is 3.35. The van der Waals surface area contributed by atoms with Gasteiger partial charge in [-0.1, -0.05) is 354 Å². The van der Waals surface area contributed by atoms with Gasteiger partial charge in [-0.05, 0) is 12.8 Å². The number of unbranched alkanes of at least 4 members (excludes halogenated alkanes) is 53. The van der Waals surface area contributed by atoms with Gasteiger partial charge in [0.05, 0.1) is 6.61 Å². The zero-order valence-corrected chi connectivity index (χ0v) is 47.4. The number of aliphatic hydroxyl groups is 1. The summed E-state index contributed by atoms with van der Waals surface area (Å²) in [5.41, 5.74) is 0. The first-order valence-corrected chi connectivity index (χ1v) is 32.1. The molecule has 0 aromatic carbocycles. The number of aliphatic hydroxyl groups excluding tert-OH is 1. The summed E-state index contributed by atoms with van der Waals surface area (Å²) >= 11 is 0. The van der Waals surface area contributed by atoms with E-state index >= 15 is 0 Å². The number of ether oxygens (including phenoxy) is 2. The predicted octanol–water partition coefficient (Wildman–Crippen LogP) is 21.7. The van der Waals surface area contributed by atoms with E-state index in [1.54, 1.807) is 0 Å². The van der Waals surface area contributed by atoms with Gasteiger partial charge in [-0.3, -0.25) is 9.59 Å². The molecule has 1 unspecified atom stereocenters. The molecule has 0 aliphatic heterocycles. The molecule has 412 valence electrons. The molecule has 0 rings (SSSR count). The second kappa shape index (κ2) is 61.2. The van der Waals surface area contributed by atoms with Gasteiger partial charge in [-0.15, -0.1) is 0 Å². The van der Waals surface area contributed by atoms with Crippen LogP contribution in [0, 0.1) is 0 Å². The highest BCUT2D eigenvalue weighted by molar-refractivity contribution is 5.70. The molecular formula is C64H126O5. The van der Waals surface area contributed by atoms with Crippen LogP contribution in [0.15, 0.2) is 0 Å². The molecule has 0 heterocycles. The summed E-state index contributed by atoms with van der Waals surface area (Å²) in [5.74, 6) is -0.560. The van der Waals surface area contributed by atoms with Crippen LogP contribution in [-0.4, -0.2) is 36.4 Å². The number of rotatable bonds is 61. The zero-order chi connectivity index (χ0) is 49.9. The Labute approximate surface area is 433 Å². The van der Waals surface area contributed by atoms with E-state index in [9.17, 15) is 14.7 Å². The number of esters is 2. The number of carbonyl (C=O) groups is 2. The summed E-state index contributed by atoms with van der Waals surface area (Å²) in [6.45, 7) is 4.22. The van der Waals surface area contributed by atoms with Crippen molar-refractivity contribution in [3.05, 3.63) is 0 Å². The van der Waals surface area contributed by atoms with Gasteiger partial charge in [-0.2, -0.15) is 0 Å². The standard InChI is InChI=1S/C64H126O5/c1-3-5-7-9-11-13-15-17-19-21-23-25-27-28-29-30-31-32-33-34-35-37-39-41-43-45-47-49-51-53-55-57-59-64(67)69-62(60-65)61-68-63(66)58-56-54-52-50-48-46-44-42-40-38-36-26-24-22-20-18-16-14-12-10-8-6-4-2/h62,65H,3-61H2,1-2H3. The van der Waals surface area contributed by atoms with Crippen LogP contribution in [-0.2, 0) is 19.1 Å². The van der Waals surface area contributed by atoms with Crippen molar-refractivity contribution < 1.29 is 24.2 Å². The summed E-state index contributed by atoms with van der Waals surface area (Å²) < 4.78 is 10.7. The van der Waals surface area contributed by atoms with Gasteiger partial charge in [0.1, 0.15) is 6.61 Å². The third-order valence-electron chi connectivity index (χ3n) is 15.2. The fraction of sp³-hybridized carbons (Fsp3) is 0.969. The smallest absolute Gasteiger partial charge is 0.306 e. The highest BCUT2D eigenvalue weighted by Crippen LogP contribution is 2.19. The molecule has 1 N–H and O–H groups in total. The Balaban J connectivity index is 3.36. The summed E-state index contributed by atoms with van der Waals surface area (Å²) in [7, 11) is 0. The molecule has 0 fully saturated rings. The van der Waals surface area contributed by atoms with E-state index in [0.29, 0.717) is 12.8 Å². The van der Waals surface area contributed by atoms with Crippen LogP contribution in [0.5, 0.6) is 0 Å². The maximum absolute atomic E-state index is 12.3. The lowest BCUT2D eigenvalue weighted by Crippen LogP contribution is -2.28. The number of hydrogen-bond acceptors (Lipinski definition) is 5. The number of hydrogen-bond donors (Lipinski definition) is 1. The second-order valence-corrected chi connectivity index (χ2v) is 22.2. The summed E-state index contributed by atoms with van der Waals surface area (Å²) in [5, 5.41) is 9.68. The maximum Gasteiger partial charge on any atom is 0.306 e. The number of carbonyl (C=O) groups excluding carboxylic acids is 2. The third-order valence-corrected chi connectivity index (χ3v) is 15.2. The Morgan fingerprint density at radius 3 is 0.638 bits per heavy atom. The quantitative estimate of drug-likeness (QED) is 0.0486. The minimum Gasteiger partial charge on any atom is -0.462 e. The molecule has 0 bridgehead atoms. The largest absolute Gasteiger partial charge is 0.462 e. The van der Waals surface area contributed by atoms with Crippen molar-refractivity contribution in [1.82, 2.24) is 0 Å². The first-order chi connectivity index (χ1) is 34.1. The fourth-order valence-corrected chi connectivity index (χ4v) is 10.3. The van der Waals surface area contributed by atoms with Crippen molar-refractivity contribution in [3.63, 3.8) is 0 Å². The van der Waals surface area contributed by atoms with Gasteiger partial charge in [0.15, 0.2) is 6.10 Å². The molecule has 0 spiro atoms. The Hall–Kier alpha value is -1.10. The lowest BCUT2D eigenvalue weighted by atomic mass is 10.0. The molecule has 0 aliphatic rings. The van der Waals surface area contributed by atoms with Gasteiger partial charge >= 0.3 is 11.9 Å². The van der Waals surface area contributed by atoms with E-state index in [2.05, 4.69) is 13.8 Å². The van der Waals surface area contributed by atoms with Crippen LogP contribution in [0.2, 0.25) is 0 Å². The first-order valence-electron chi connectivity index (χ1n) is 32.1. The summed E-state index contributed by atoms with van der Waals surface area (Å²) in [6, 6.07) is 0. The van der Waals surface area contributed by atoms with Crippen molar-refractivity contribution >= 4 is 11.9 Å². The minimum atomic E-state index is -0.765.